The fraction of sp³-hybridized carbons (Fsp3) is 0.200. The van der Waals surface area contributed by atoms with Gasteiger partial charge in [0.25, 0.3) is 0 Å². The number of halogens is 2. The van der Waals surface area contributed by atoms with E-state index in [1.54, 1.807) is 18.2 Å². The van der Waals surface area contributed by atoms with E-state index in [-0.39, 0.29) is 0 Å². The van der Waals surface area contributed by atoms with Crippen LogP contribution in [0.25, 0.3) is 0 Å². The molecule has 0 N–H and O–H groups in total. The largest absolute Gasteiger partial charge is 0.250 e. The van der Waals surface area contributed by atoms with Crippen molar-refractivity contribution in [3.63, 3.8) is 0 Å². The molecular formula is C10H8ClFN. The van der Waals surface area contributed by atoms with E-state index in [0.29, 0.717) is 16.1 Å². The summed E-state index contributed by atoms with van der Waals surface area (Å²) in [6.45, 7) is 3.08. The van der Waals surface area contributed by atoms with Crippen LogP contribution in [0, 0.1) is 18.3 Å². The van der Waals surface area contributed by atoms with Gasteiger partial charge in [0.15, 0.2) is 0 Å². The van der Waals surface area contributed by atoms with E-state index in [4.69, 9.17) is 16.9 Å². The molecule has 0 fully saturated rings. The molecule has 1 atom stereocenters. The van der Waals surface area contributed by atoms with E-state index in [2.05, 4.69) is 6.92 Å². The van der Waals surface area contributed by atoms with Gasteiger partial charge in [0.1, 0.15) is 6.07 Å². The summed E-state index contributed by atoms with van der Waals surface area (Å²) in [5.41, 5.74) is 1.11. The highest BCUT2D eigenvalue weighted by atomic mass is 35.5. The third-order valence-electron chi connectivity index (χ3n) is 1.77. The van der Waals surface area contributed by atoms with Crippen molar-refractivity contribution in [3.8, 4) is 6.07 Å². The van der Waals surface area contributed by atoms with Gasteiger partial charge in [-0.05, 0) is 24.6 Å². The van der Waals surface area contributed by atoms with Crippen LogP contribution in [-0.2, 0) is 0 Å². The topological polar surface area (TPSA) is 23.8 Å². The molecule has 1 radical (unpaired) electrons. The average Bonchev–Trinajstić information content (AvgIpc) is 2.16. The van der Waals surface area contributed by atoms with E-state index in [9.17, 15) is 4.39 Å². The van der Waals surface area contributed by atoms with Gasteiger partial charge in [0.05, 0.1) is 17.3 Å². The molecule has 0 bridgehead atoms. The zero-order valence-electron chi connectivity index (χ0n) is 6.93. The first kappa shape index (κ1) is 10.0. The minimum absolute atomic E-state index is 0.349. The summed E-state index contributed by atoms with van der Waals surface area (Å²) in [4.78, 5) is 0. The van der Waals surface area contributed by atoms with E-state index >= 15 is 0 Å². The first-order valence-electron chi connectivity index (χ1n) is 3.77. The van der Waals surface area contributed by atoms with Crippen LogP contribution in [0.5, 0.6) is 0 Å². The Bertz CT molecular complexity index is 343. The van der Waals surface area contributed by atoms with E-state index in [1.165, 1.54) is 0 Å². The Morgan fingerprint density at radius 1 is 1.62 bits per heavy atom. The molecule has 0 aliphatic rings. The molecule has 0 aliphatic heterocycles. The summed E-state index contributed by atoms with van der Waals surface area (Å²) < 4.78 is 12.2. The number of nitrogens with zero attached hydrogens (tertiary/aromatic N) is 1. The molecule has 1 rings (SSSR count). The van der Waals surface area contributed by atoms with Crippen molar-refractivity contribution < 1.29 is 4.39 Å². The number of benzene rings is 1. The average molecular weight is 197 g/mol. The predicted octanol–water partition coefficient (Wildman–Crippen LogP) is 3.10. The van der Waals surface area contributed by atoms with Crippen molar-refractivity contribution in [2.75, 3.05) is 6.67 Å². The number of rotatable bonds is 2. The Labute approximate surface area is 81.8 Å². The maximum atomic E-state index is 12.2. The smallest absolute Gasteiger partial charge is 0.101 e. The summed E-state index contributed by atoms with van der Waals surface area (Å²) in [7, 11) is 0. The molecule has 13 heavy (non-hydrogen) atoms. The zero-order valence-corrected chi connectivity index (χ0v) is 7.68. The molecule has 0 heterocycles. The Morgan fingerprint density at radius 2 is 2.31 bits per heavy atom. The third kappa shape index (κ3) is 2.19. The number of hydrogen-bond acceptors (Lipinski definition) is 1. The number of alkyl halides is 1. The van der Waals surface area contributed by atoms with Gasteiger partial charge in [-0.15, -0.1) is 0 Å². The SMILES string of the molecule is [CH2]C(CF)c1ccc(C#N)c(Cl)c1. The number of nitriles is 1. The van der Waals surface area contributed by atoms with Gasteiger partial charge in [-0.3, -0.25) is 4.39 Å². The quantitative estimate of drug-likeness (QED) is 0.713. The van der Waals surface area contributed by atoms with Gasteiger partial charge in [-0.1, -0.05) is 17.7 Å². The lowest BCUT2D eigenvalue weighted by molar-refractivity contribution is 0.465. The highest BCUT2D eigenvalue weighted by molar-refractivity contribution is 6.31. The normalized spacial score (nSPS) is 12.2. The second-order valence-electron chi connectivity index (χ2n) is 2.70. The van der Waals surface area contributed by atoms with Crippen molar-refractivity contribution in [2.24, 2.45) is 0 Å². The lowest BCUT2D eigenvalue weighted by Crippen LogP contribution is -1.95. The minimum Gasteiger partial charge on any atom is -0.250 e. The lowest BCUT2D eigenvalue weighted by Gasteiger charge is -2.07. The van der Waals surface area contributed by atoms with Gasteiger partial charge in [0, 0.05) is 5.92 Å². The summed E-state index contributed by atoms with van der Waals surface area (Å²) >= 11 is 5.76. The molecule has 1 aromatic carbocycles. The van der Waals surface area contributed by atoms with Crippen LogP contribution in [0.4, 0.5) is 4.39 Å². The first-order valence-corrected chi connectivity index (χ1v) is 4.15. The van der Waals surface area contributed by atoms with Crippen LogP contribution in [0.3, 0.4) is 0 Å². The van der Waals surface area contributed by atoms with E-state index in [0.717, 1.165) is 0 Å². The Hall–Kier alpha value is -1.07. The molecular weight excluding hydrogens is 189 g/mol. The summed E-state index contributed by atoms with van der Waals surface area (Å²) in [6.07, 6.45) is 0. The third-order valence-corrected chi connectivity index (χ3v) is 2.08. The molecule has 0 saturated heterocycles. The molecule has 67 valence electrons. The van der Waals surface area contributed by atoms with Crippen molar-refractivity contribution in [1.82, 2.24) is 0 Å². The summed E-state index contributed by atoms with van der Waals surface area (Å²) in [6, 6.07) is 6.76. The highest BCUT2D eigenvalue weighted by Crippen LogP contribution is 2.22. The van der Waals surface area contributed by atoms with Crippen LogP contribution in [0.2, 0.25) is 5.02 Å². The fourth-order valence-electron chi connectivity index (χ4n) is 0.965. The van der Waals surface area contributed by atoms with Crippen LogP contribution < -0.4 is 0 Å². The molecule has 3 heteroatoms. The van der Waals surface area contributed by atoms with Crippen molar-refractivity contribution >= 4 is 11.6 Å². The molecule has 1 unspecified atom stereocenters. The molecule has 1 aromatic rings. The Morgan fingerprint density at radius 3 is 2.77 bits per heavy atom. The first-order chi connectivity index (χ1) is 6.19. The summed E-state index contributed by atoms with van der Waals surface area (Å²) in [5.74, 6) is -0.412. The molecule has 1 nitrogen and oxygen atoms in total. The Balaban J connectivity index is 3.04. The zero-order chi connectivity index (χ0) is 9.84. The van der Waals surface area contributed by atoms with Crippen LogP contribution in [-0.4, -0.2) is 6.67 Å². The number of hydrogen-bond donors (Lipinski definition) is 0. The maximum absolute atomic E-state index is 12.2. The van der Waals surface area contributed by atoms with Gasteiger partial charge in [0.2, 0.25) is 0 Å². The van der Waals surface area contributed by atoms with E-state index in [1.807, 2.05) is 6.07 Å². The van der Waals surface area contributed by atoms with Crippen molar-refractivity contribution in [1.29, 1.82) is 5.26 Å². The predicted molar refractivity (Wildman–Crippen MR) is 50.2 cm³/mol. The molecule has 0 aliphatic carbocycles. The van der Waals surface area contributed by atoms with Crippen LogP contribution >= 0.6 is 11.6 Å². The maximum Gasteiger partial charge on any atom is 0.101 e. The van der Waals surface area contributed by atoms with Crippen molar-refractivity contribution in [3.05, 3.63) is 41.3 Å². The van der Waals surface area contributed by atoms with E-state index < -0.39 is 12.6 Å². The Kier molecular flexibility index (Phi) is 3.27. The molecule has 0 saturated carbocycles. The molecule has 0 aromatic heterocycles. The monoisotopic (exact) mass is 196 g/mol. The summed E-state index contributed by atoms with van der Waals surface area (Å²) in [5, 5.41) is 8.93. The highest BCUT2D eigenvalue weighted by Gasteiger charge is 2.07. The van der Waals surface area contributed by atoms with Gasteiger partial charge >= 0.3 is 0 Å². The molecule has 0 spiro atoms. The van der Waals surface area contributed by atoms with Gasteiger partial charge in [-0.25, -0.2) is 0 Å². The second-order valence-corrected chi connectivity index (χ2v) is 3.11. The standard InChI is InChI=1S/C10H8ClFN/c1-7(5-12)8-2-3-9(6-13)10(11)4-8/h2-4,7H,1,5H2. The van der Waals surface area contributed by atoms with Crippen molar-refractivity contribution in [2.45, 2.75) is 5.92 Å². The molecule has 0 amide bonds. The van der Waals surface area contributed by atoms with Crippen LogP contribution in [0.15, 0.2) is 18.2 Å². The fourth-order valence-corrected chi connectivity index (χ4v) is 1.20. The lowest BCUT2D eigenvalue weighted by atomic mass is 10.0. The second kappa shape index (κ2) is 4.25. The van der Waals surface area contributed by atoms with Crippen LogP contribution in [0.1, 0.15) is 17.0 Å². The minimum atomic E-state index is -0.526. The van der Waals surface area contributed by atoms with Gasteiger partial charge in [-0.2, -0.15) is 5.26 Å². The van der Waals surface area contributed by atoms with Gasteiger partial charge < -0.3 is 0 Å².